The van der Waals surface area contributed by atoms with Gasteiger partial charge in [-0.1, -0.05) is 6.07 Å². The Morgan fingerprint density at radius 1 is 1.21 bits per heavy atom. The standard InChI is InChI=1S/C15H12F2N2O4S/c1-7(13(21)19-14-8(12(18)20)5-6-24-14)23-15(22)11-9(16)3-2-4-10(11)17/h2-7H,1H3,(H2,18,20)(H,19,21)/t7-/m0/s1. The fourth-order valence-corrected chi connectivity index (χ4v) is 2.57. The molecule has 0 spiro atoms. The van der Waals surface area contributed by atoms with Gasteiger partial charge < -0.3 is 15.8 Å². The molecule has 24 heavy (non-hydrogen) atoms. The molecule has 0 bridgehead atoms. The number of hydrogen-bond donors (Lipinski definition) is 2. The van der Waals surface area contributed by atoms with Gasteiger partial charge in [0.1, 0.15) is 22.2 Å². The Hall–Kier alpha value is -2.81. The molecule has 1 heterocycles. The number of benzene rings is 1. The van der Waals surface area contributed by atoms with Crippen molar-refractivity contribution in [2.75, 3.05) is 5.32 Å². The minimum absolute atomic E-state index is 0.104. The van der Waals surface area contributed by atoms with E-state index >= 15 is 0 Å². The van der Waals surface area contributed by atoms with E-state index in [0.29, 0.717) is 0 Å². The van der Waals surface area contributed by atoms with Gasteiger partial charge in [0.15, 0.2) is 6.10 Å². The van der Waals surface area contributed by atoms with Gasteiger partial charge in [-0.3, -0.25) is 9.59 Å². The zero-order chi connectivity index (χ0) is 17.9. The van der Waals surface area contributed by atoms with Crippen LogP contribution in [0.25, 0.3) is 0 Å². The molecule has 1 aromatic heterocycles. The van der Waals surface area contributed by atoms with Crippen LogP contribution in [0.15, 0.2) is 29.6 Å². The summed E-state index contributed by atoms with van der Waals surface area (Å²) in [5.41, 5.74) is 4.37. The maximum absolute atomic E-state index is 13.5. The fourth-order valence-electron chi connectivity index (χ4n) is 1.78. The zero-order valence-corrected chi connectivity index (χ0v) is 13.2. The van der Waals surface area contributed by atoms with Crippen molar-refractivity contribution in [3.05, 3.63) is 52.4 Å². The molecule has 0 radical (unpaired) electrons. The van der Waals surface area contributed by atoms with E-state index in [1.165, 1.54) is 13.0 Å². The number of halogens is 2. The normalized spacial score (nSPS) is 11.6. The van der Waals surface area contributed by atoms with E-state index in [-0.39, 0.29) is 10.6 Å². The summed E-state index contributed by atoms with van der Waals surface area (Å²) in [5.74, 6) is -5.01. The van der Waals surface area contributed by atoms with Crippen molar-refractivity contribution < 1.29 is 27.9 Å². The molecule has 0 aliphatic heterocycles. The van der Waals surface area contributed by atoms with E-state index in [1.54, 1.807) is 5.38 Å². The van der Waals surface area contributed by atoms with Gasteiger partial charge in [-0.05, 0) is 30.5 Å². The maximum Gasteiger partial charge on any atom is 0.344 e. The first-order chi connectivity index (χ1) is 11.3. The number of amides is 2. The highest BCUT2D eigenvalue weighted by Gasteiger charge is 2.25. The van der Waals surface area contributed by atoms with E-state index in [4.69, 9.17) is 10.5 Å². The first-order valence-electron chi connectivity index (χ1n) is 6.64. The number of carbonyl (C=O) groups excluding carboxylic acids is 3. The summed E-state index contributed by atoms with van der Waals surface area (Å²) in [6, 6.07) is 4.32. The van der Waals surface area contributed by atoms with Gasteiger partial charge in [0.2, 0.25) is 0 Å². The lowest BCUT2D eigenvalue weighted by atomic mass is 10.2. The van der Waals surface area contributed by atoms with Crippen LogP contribution in [-0.2, 0) is 9.53 Å². The monoisotopic (exact) mass is 354 g/mol. The van der Waals surface area contributed by atoms with Crippen LogP contribution in [0.2, 0.25) is 0 Å². The van der Waals surface area contributed by atoms with E-state index in [1.807, 2.05) is 0 Å². The fraction of sp³-hybridized carbons (Fsp3) is 0.133. The number of hydrogen-bond acceptors (Lipinski definition) is 5. The molecule has 0 saturated heterocycles. The van der Waals surface area contributed by atoms with Crippen molar-refractivity contribution in [3.8, 4) is 0 Å². The molecule has 6 nitrogen and oxygen atoms in total. The second-order valence-electron chi connectivity index (χ2n) is 4.66. The number of ether oxygens (including phenoxy) is 1. The summed E-state index contributed by atoms with van der Waals surface area (Å²) in [6.07, 6.45) is -1.35. The lowest BCUT2D eigenvalue weighted by Gasteiger charge is -2.14. The lowest BCUT2D eigenvalue weighted by molar-refractivity contribution is -0.123. The van der Waals surface area contributed by atoms with Crippen LogP contribution >= 0.6 is 11.3 Å². The molecule has 3 N–H and O–H groups in total. The first-order valence-corrected chi connectivity index (χ1v) is 7.52. The second-order valence-corrected chi connectivity index (χ2v) is 5.58. The Morgan fingerprint density at radius 3 is 2.42 bits per heavy atom. The Kier molecular flexibility index (Phi) is 5.24. The SMILES string of the molecule is C[C@H](OC(=O)c1c(F)cccc1F)C(=O)Nc1sccc1C(N)=O. The summed E-state index contributed by atoms with van der Waals surface area (Å²) < 4.78 is 31.8. The summed E-state index contributed by atoms with van der Waals surface area (Å²) >= 11 is 1.05. The van der Waals surface area contributed by atoms with Crippen molar-refractivity contribution in [2.24, 2.45) is 5.73 Å². The molecule has 126 valence electrons. The van der Waals surface area contributed by atoms with Crippen molar-refractivity contribution in [1.82, 2.24) is 0 Å². The van der Waals surface area contributed by atoms with Gasteiger partial charge in [-0.2, -0.15) is 0 Å². The number of rotatable bonds is 5. The molecule has 2 amide bonds. The molecule has 2 rings (SSSR count). The molecule has 0 saturated carbocycles. The first kappa shape index (κ1) is 17.5. The minimum Gasteiger partial charge on any atom is -0.449 e. The van der Waals surface area contributed by atoms with Gasteiger partial charge >= 0.3 is 5.97 Å². The number of nitrogens with one attached hydrogen (secondary N) is 1. The highest BCUT2D eigenvalue weighted by atomic mass is 32.1. The second kappa shape index (κ2) is 7.18. The van der Waals surface area contributed by atoms with E-state index in [9.17, 15) is 23.2 Å². The molecule has 0 aliphatic carbocycles. The van der Waals surface area contributed by atoms with Crippen molar-refractivity contribution in [1.29, 1.82) is 0 Å². The highest BCUT2D eigenvalue weighted by molar-refractivity contribution is 7.14. The summed E-state index contributed by atoms with van der Waals surface area (Å²) in [4.78, 5) is 35.0. The third-order valence-corrected chi connectivity index (χ3v) is 3.82. The Morgan fingerprint density at radius 2 is 1.83 bits per heavy atom. The van der Waals surface area contributed by atoms with E-state index in [2.05, 4.69) is 5.32 Å². The molecular weight excluding hydrogens is 342 g/mol. The van der Waals surface area contributed by atoms with Crippen LogP contribution in [0.5, 0.6) is 0 Å². The van der Waals surface area contributed by atoms with Crippen LogP contribution in [0, 0.1) is 11.6 Å². The van der Waals surface area contributed by atoms with Gasteiger partial charge in [0.05, 0.1) is 5.56 Å². The molecule has 2 aromatic rings. The minimum atomic E-state index is -1.35. The topological polar surface area (TPSA) is 98.5 Å². The van der Waals surface area contributed by atoms with Crippen LogP contribution < -0.4 is 11.1 Å². The van der Waals surface area contributed by atoms with Crippen LogP contribution in [-0.4, -0.2) is 23.9 Å². The average molecular weight is 354 g/mol. The molecule has 1 atom stereocenters. The van der Waals surface area contributed by atoms with Gasteiger partial charge in [-0.25, -0.2) is 13.6 Å². The zero-order valence-electron chi connectivity index (χ0n) is 12.3. The Labute approximate surface area is 139 Å². The smallest absolute Gasteiger partial charge is 0.344 e. The van der Waals surface area contributed by atoms with Crippen LogP contribution in [0.1, 0.15) is 27.6 Å². The molecular formula is C15H12F2N2O4S. The quantitative estimate of drug-likeness (QED) is 0.805. The molecule has 0 unspecified atom stereocenters. The molecule has 0 aliphatic rings. The number of esters is 1. The van der Waals surface area contributed by atoms with E-state index in [0.717, 1.165) is 29.5 Å². The average Bonchev–Trinajstić information content (AvgIpc) is 2.95. The number of carbonyl (C=O) groups is 3. The largest absolute Gasteiger partial charge is 0.449 e. The number of anilines is 1. The summed E-state index contributed by atoms with van der Waals surface area (Å²) in [5, 5.41) is 4.10. The van der Waals surface area contributed by atoms with E-state index < -0.39 is 41.1 Å². The highest BCUT2D eigenvalue weighted by Crippen LogP contribution is 2.23. The maximum atomic E-state index is 13.5. The third kappa shape index (κ3) is 3.74. The Bertz CT molecular complexity index is 786. The van der Waals surface area contributed by atoms with Gasteiger partial charge in [0, 0.05) is 0 Å². The summed E-state index contributed by atoms with van der Waals surface area (Å²) in [7, 11) is 0. The Balaban J connectivity index is 2.07. The molecule has 9 heteroatoms. The predicted octanol–water partition coefficient (Wildman–Crippen LogP) is 2.31. The van der Waals surface area contributed by atoms with Crippen molar-refractivity contribution in [2.45, 2.75) is 13.0 Å². The van der Waals surface area contributed by atoms with Gasteiger partial charge in [-0.15, -0.1) is 11.3 Å². The van der Waals surface area contributed by atoms with Crippen LogP contribution in [0.4, 0.5) is 13.8 Å². The number of primary amides is 1. The molecule has 0 fully saturated rings. The van der Waals surface area contributed by atoms with Crippen molar-refractivity contribution >= 4 is 34.1 Å². The number of nitrogens with two attached hydrogens (primary N) is 1. The predicted molar refractivity (Wildman–Crippen MR) is 82.7 cm³/mol. The molecule has 1 aromatic carbocycles. The van der Waals surface area contributed by atoms with Crippen LogP contribution in [0.3, 0.4) is 0 Å². The third-order valence-electron chi connectivity index (χ3n) is 2.99. The number of thiophene rings is 1. The van der Waals surface area contributed by atoms with Crippen molar-refractivity contribution in [3.63, 3.8) is 0 Å². The lowest BCUT2D eigenvalue weighted by Crippen LogP contribution is -2.31. The summed E-state index contributed by atoms with van der Waals surface area (Å²) in [6.45, 7) is 1.23. The van der Waals surface area contributed by atoms with Gasteiger partial charge in [0.25, 0.3) is 11.8 Å².